The van der Waals surface area contributed by atoms with Crippen LogP contribution in [0.15, 0.2) is 42.7 Å². The highest BCUT2D eigenvalue weighted by Gasteiger charge is 2.20. The fourth-order valence-corrected chi connectivity index (χ4v) is 1.81. The van der Waals surface area contributed by atoms with Crippen molar-refractivity contribution in [1.29, 1.82) is 0 Å². The van der Waals surface area contributed by atoms with Crippen LogP contribution < -0.4 is 5.32 Å². The Bertz CT molecular complexity index is 458. The third kappa shape index (κ3) is 1.94. The predicted octanol–water partition coefficient (Wildman–Crippen LogP) is 2.69. The summed E-state index contributed by atoms with van der Waals surface area (Å²) in [5.41, 5.74) is 2.28. The Labute approximate surface area is 95.1 Å². The van der Waals surface area contributed by atoms with E-state index in [1.54, 1.807) is 6.20 Å². The quantitative estimate of drug-likeness (QED) is 0.846. The van der Waals surface area contributed by atoms with E-state index in [9.17, 15) is 0 Å². The molecule has 1 N–H and O–H groups in total. The van der Waals surface area contributed by atoms with Crippen LogP contribution in [0.4, 0.5) is 5.69 Å². The smallest absolute Gasteiger partial charge is 0.0876 e. The summed E-state index contributed by atoms with van der Waals surface area (Å²) in [7, 11) is 0. The number of hydrogen-bond acceptors (Lipinski definition) is 2. The molecule has 1 heterocycles. The van der Waals surface area contributed by atoms with Crippen LogP contribution in [0.3, 0.4) is 0 Å². The molecule has 1 aromatic carbocycles. The normalized spacial score (nSPS) is 15.0. The maximum Gasteiger partial charge on any atom is 0.0876 e. The highest BCUT2D eigenvalue weighted by atomic mass is 15.3. The van der Waals surface area contributed by atoms with Gasteiger partial charge < -0.3 is 5.32 Å². The predicted molar refractivity (Wildman–Crippen MR) is 64.8 cm³/mol. The molecule has 0 atom stereocenters. The lowest BCUT2D eigenvalue weighted by molar-refractivity contribution is 0.862. The Morgan fingerprint density at radius 2 is 2.12 bits per heavy atom. The summed E-state index contributed by atoms with van der Waals surface area (Å²) >= 11 is 0. The van der Waals surface area contributed by atoms with Gasteiger partial charge in [-0.1, -0.05) is 12.1 Å². The van der Waals surface area contributed by atoms with Gasteiger partial charge in [-0.3, -0.25) is 0 Å². The van der Waals surface area contributed by atoms with E-state index < -0.39 is 0 Å². The van der Waals surface area contributed by atoms with E-state index in [-0.39, 0.29) is 0 Å². The number of rotatable bonds is 4. The molecule has 0 unspecified atom stereocenters. The van der Waals surface area contributed by atoms with Gasteiger partial charge in [0.05, 0.1) is 11.4 Å². The summed E-state index contributed by atoms with van der Waals surface area (Å²) in [5.74, 6) is 0.880. The van der Waals surface area contributed by atoms with Gasteiger partial charge in [-0.15, -0.1) is 0 Å². The molecule has 3 nitrogen and oxygen atoms in total. The van der Waals surface area contributed by atoms with Gasteiger partial charge in [0.2, 0.25) is 0 Å². The molecule has 0 spiro atoms. The SMILES string of the molecule is c1ccc(-n2cccn2)c(NCC2CC2)c1. The first-order valence-corrected chi connectivity index (χ1v) is 5.76. The Morgan fingerprint density at radius 1 is 1.25 bits per heavy atom. The molecule has 3 rings (SSSR count). The van der Waals surface area contributed by atoms with Crippen LogP contribution in [0, 0.1) is 5.92 Å². The number of anilines is 1. The maximum absolute atomic E-state index is 4.27. The minimum atomic E-state index is 0.880. The van der Waals surface area contributed by atoms with Crippen molar-refractivity contribution in [1.82, 2.24) is 9.78 Å². The molecule has 0 bridgehead atoms. The van der Waals surface area contributed by atoms with Crippen molar-refractivity contribution < 1.29 is 0 Å². The zero-order valence-electron chi connectivity index (χ0n) is 9.13. The third-order valence-electron chi connectivity index (χ3n) is 2.93. The lowest BCUT2D eigenvalue weighted by atomic mass is 10.2. The standard InChI is InChI=1S/C13H15N3/c1-2-5-13(16-9-3-8-15-16)12(4-1)14-10-11-6-7-11/h1-5,8-9,11,14H,6-7,10H2. The molecule has 3 heteroatoms. The van der Waals surface area contributed by atoms with Crippen LogP contribution in [-0.2, 0) is 0 Å². The Hall–Kier alpha value is -1.77. The first-order valence-electron chi connectivity index (χ1n) is 5.76. The molecule has 0 amide bonds. The number of nitrogens with zero attached hydrogens (tertiary/aromatic N) is 2. The molecule has 1 aliphatic carbocycles. The summed E-state index contributed by atoms with van der Waals surface area (Å²) in [6.45, 7) is 1.08. The second kappa shape index (κ2) is 4.00. The lowest BCUT2D eigenvalue weighted by Gasteiger charge is -2.11. The summed E-state index contributed by atoms with van der Waals surface area (Å²) in [6.07, 6.45) is 6.52. The zero-order chi connectivity index (χ0) is 10.8. The van der Waals surface area contributed by atoms with Crippen LogP contribution in [0.25, 0.3) is 5.69 Å². The highest BCUT2D eigenvalue weighted by molar-refractivity contribution is 5.60. The van der Waals surface area contributed by atoms with Crippen molar-refractivity contribution in [2.24, 2.45) is 5.92 Å². The fraction of sp³-hybridized carbons (Fsp3) is 0.308. The minimum absolute atomic E-state index is 0.880. The van der Waals surface area contributed by atoms with Gasteiger partial charge in [0, 0.05) is 18.9 Å². The monoisotopic (exact) mass is 213 g/mol. The molecule has 1 aliphatic rings. The Kier molecular flexibility index (Phi) is 2.37. The number of hydrogen-bond donors (Lipinski definition) is 1. The number of aromatic nitrogens is 2. The van der Waals surface area contributed by atoms with E-state index >= 15 is 0 Å². The first kappa shape index (κ1) is 9.46. The van der Waals surface area contributed by atoms with Crippen molar-refractivity contribution >= 4 is 5.69 Å². The van der Waals surface area contributed by atoms with Crippen molar-refractivity contribution in [3.8, 4) is 5.69 Å². The Balaban J connectivity index is 1.85. The average molecular weight is 213 g/mol. The van der Waals surface area contributed by atoms with Crippen molar-refractivity contribution in [3.05, 3.63) is 42.7 Å². The number of para-hydroxylation sites is 2. The van der Waals surface area contributed by atoms with E-state index in [4.69, 9.17) is 0 Å². The van der Waals surface area contributed by atoms with Crippen LogP contribution in [-0.4, -0.2) is 16.3 Å². The third-order valence-corrected chi connectivity index (χ3v) is 2.93. The molecular weight excluding hydrogens is 198 g/mol. The minimum Gasteiger partial charge on any atom is -0.383 e. The van der Waals surface area contributed by atoms with Crippen LogP contribution in [0.1, 0.15) is 12.8 Å². The summed E-state index contributed by atoms with van der Waals surface area (Å²) in [5, 5.41) is 7.77. The van der Waals surface area contributed by atoms with Crippen molar-refractivity contribution in [2.75, 3.05) is 11.9 Å². The second-order valence-electron chi connectivity index (χ2n) is 4.29. The van der Waals surface area contributed by atoms with Crippen LogP contribution >= 0.6 is 0 Å². The molecule has 1 aromatic heterocycles. The highest BCUT2D eigenvalue weighted by Crippen LogP contribution is 2.29. The molecule has 2 aromatic rings. The van der Waals surface area contributed by atoms with Gasteiger partial charge in [-0.25, -0.2) is 4.68 Å². The van der Waals surface area contributed by atoms with Gasteiger partial charge >= 0.3 is 0 Å². The van der Waals surface area contributed by atoms with E-state index in [1.165, 1.54) is 12.8 Å². The summed E-state index contributed by atoms with van der Waals surface area (Å²) in [6, 6.07) is 10.2. The summed E-state index contributed by atoms with van der Waals surface area (Å²) < 4.78 is 1.90. The molecule has 82 valence electrons. The lowest BCUT2D eigenvalue weighted by Crippen LogP contribution is -2.07. The van der Waals surface area contributed by atoms with E-state index in [0.29, 0.717) is 0 Å². The zero-order valence-corrected chi connectivity index (χ0v) is 9.13. The largest absolute Gasteiger partial charge is 0.383 e. The van der Waals surface area contributed by atoms with Crippen LogP contribution in [0.2, 0.25) is 0 Å². The maximum atomic E-state index is 4.27. The molecule has 0 aliphatic heterocycles. The topological polar surface area (TPSA) is 29.9 Å². The first-order chi connectivity index (χ1) is 7.93. The fourth-order valence-electron chi connectivity index (χ4n) is 1.81. The van der Waals surface area contributed by atoms with Crippen LogP contribution in [0.5, 0.6) is 0 Å². The summed E-state index contributed by atoms with van der Waals surface area (Å²) in [4.78, 5) is 0. The molecule has 16 heavy (non-hydrogen) atoms. The molecule has 1 saturated carbocycles. The van der Waals surface area contributed by atoms with E-state index in [1.807, 2.05) is 23.0 Å². The molecule has 0 radical (unpaired) electrons. The van der Waals surface area contributed by atoms with Gasteiger partial charge in [0.25, 0.3) is 0 Å². The number of nitrogens with one attached hydrogen (secondary N) is 1. The number of benzene rings is 1. The van der Waals surface area contributed by atoms with E-state index in [2.05, 4.69) is 28.6 Å². The van der Waals surface area contributed by atoms with Gasteiger partial charge in [-0.05, 0) is 37.0 Å². The molecular formula is C13H15N3. The van der Waals surface area contributed by atoms with Gasteiger partial charge in [0.1, 0.15) is 0 Å². The molecule has 0 saturated heterocycles. The average Bonchev–Trinajstić information content (AvgIpc) is 3.00. The van der Waals surface area contributed by atoms with Crippen molar-refractivity contribution in [3.63, 3.8) is 0 Å². The van der Waals surface area contributed by atoms with E-state index in [0.717, 1.165) is 23.8 Å². The Morgan fingerprint density at radius 3 is 2.88 bits per heavy atom. The van der Waals surface area contributed by atoms with Crippen molar-refractivity contribution in [2.45, 2.75) is 12.8 Å². The van der Waals surface area contributed by atoms with Gasteiger partial charge in [0.15, 0.2) is 0 Å². The second-order valence-corrected chi connectivity index (χ2v) is 4.29. The molecule has 1 fully saturated rings. The van der Waals surface area contributed by atoms with Gasteiger partial charge in [-0.2, -0.15) is 5.10 Å².